The van der Waals surface area contributed by atoms with Crippen molar-refractivity contribution in [1.82, 2.24) is 20.6 Å². The van der Waals surface area contributed by atoms with E-state index in [-0.39, 0.29) is 54.6 Å². The van der Waals surface area contributed by atoms with E-state index in [0.29, 0.717) is 26.4 Å². The molecule has 10 nitrogen and oxygen atoms in total. The highest BCUT2D eigenvalue weighted by Crippen LogP contribution is 2.34. The third-order valence-corrected chi connectivity index (χ3v) is 6.10. The van der Waals surface area contributed by atoms with Crippen LogP contribution in [-0.4, -0.2) is 61.3 Å². The van der Waals surface area contributed by atoms with Crippen LogP contribution in [0.5, 0.6) is 0 Å². The van der Waals surface area contributed by atoms with Gasteiger partial charge in [-0.25, -0.2) is 18.0 Å². The van der Waals surface area contributed by atoms with Crippen molar-refractivity contribution in [2.45, 2.75) is 27.7 Å². The fourth-order valence-corrected chi connectivity index (χ4v) is 4.35. The molecule has 0 saturated carbocycles. The van der Waals surface area contributed by atoms with E-state index in [4.69, 9.17) is 27.9 Å². The fourth-order valence-electron chi connectivity index (χ4n) is 4.35. The predicted molar refractivity (Wildman–Crippen MR) is 117 cm³/mol. The first kappa shape index (κ1) is 21.8. The van der Waals surface area contributed by atoms with Gasteiger partial charge in [-0.15, -0.1) is 0 Å². The summed E-state index contributed by atoms with van der Waals surface area (Å²) in [6.45, 7) is 9.14. The van der Waals surface area contributed by atoms with Gasteiger partial charge in [-0.3, -0.25) is 0 Å². The number of fused-ring (bicyclic) bond motifs is 5. The van der Waals surface area contributed by atoms with E-state index in [1.54, 1.807) is 0 Å². The molecule has 4 heterocycles. The molecule has 2 saturated heterocycles. The van der Waals surface area contributed by atoms with Crippen molar-refractivity contribution in [3.8, 4) is 0 Å². The standard InChI is InChI=1S/C20H20B2F2N4O6/c1-19(2)5-29-21(30-6-19)11-13(23)9-10(15-17(11)27-33-25-15)14(24)12(18-16(9)26-34-28-18)22-31-7-20(3,4)8-32-22/h5-8H2,1-4H3. The molecule has 0 atom stereocenters. The van der Waals surface area contributed by atoms with Crippen molar-refractivity contribution in [3.63, 3.8) is 0 Å². The van der Waals surface area contributed by atoms with Crippen molar-refractivity contribution in [2.24, 2.45) is 10.8 Å². The van der Waals surface area contributed by atoms with Crippen LogP contribution < -0.4 is 10.9 Å². The molecule has 2 aromatic carbocycles. The highest BCUT2D eigenvalue weighted by Gasteiger charge is 2.42. The van der Waals surface area contributed by atoms with Crippen LogP contribution in [-0.2, 0) is 18.6 Å². The molecule has 2 fully saturated rings. The summed E-state index contributed by atoms with van der Waals surface area (Å²) < 4.78 is 65.1. The summed E-state index contributed by atoms with van der Waals surface area (Å²) in [5, 5.41) is 15.0. The van der Waals surface area contributed by atoms with Crippen LogP contribution in [0, 0.1) is 22.5 Å². The minimum absolute atomic E-state index is 0.0109. The van der Waals surface area contributed by atoms with Gasteiger partial charge in [0, 0.05) is 37.3 Å². The van der Waals surface area contributed by atoms with Crippen molar-refractivity contribution in [1.29, 1.82) is 0 Å². The Balaban J connectivity index is 1.60. The van der Waals surface area contributed by atoms with E-state index in [2.05, 4.69) is 20.6 Å². The molecule has 2 aliphatic rings. The second-order valence-electron chi connectivity index (χ2n) is 10.4. The largest absolute Gasteiger partial charge is 0.499 e. The Labute approximate surface area is 192 Å². The lowest BCUT2D eigenvalue weighted by Crippen LogP contribution is -2.49. The van der Waals surface area contributed by atoms with Crippen LogP contribution in [0.25, 0.3) is 32.8 Å². The normalized spacial score (nSPS) is 20.6. The molecule has 0 aliphatic carbocycles. The van der Waals surface area contributed by atoms with Gasteiger partial charge >= 0.3 is 14.2 Å². The highest BCUT2D eigenvalue weighted by molar-refractivity contribution is 6.66. The molecule has 0 unspecified atom stereocenters. The van der Waals surface area contributed by atoms with Gasteiger partial charge < -0.3 is 18.6 Å². The molecule has 0 amide bonds. The van der Waals surface area contributed by atoms with Crippen LogP contribution in [0.2, 0.25) is 0 Å². The van der Waals surface area contributed by atoms with Crippen LogP contribution in [0.3, 0.4) is 0 Å². The number of nitrogens with zero attached hydrogens (tertiary/aromatic N) is 4. The van der Waals surface area contributed by atoms with Crippen molar-refractivity contribution < 1.29 is 36.7 Å². The Bertz CT molecular complexity index is 1310. The molecule has 0 N–H and O–H groups in total. The first-order valence-electron chi connectivity index (χ1n) is 10.8. The number of benzene rings is 2. The summed E-state index contributed by atoms with van der Waals surface area (Å²) >= 11 is 0. The third-order valence-electron chi connectivity index (χ3n) is 6.10. The Morgan fingerprint density at radius 1 is 0.588 bits per heavy atom. The maximum Gasteiger partial charge on any atom is 0.499 e. The van der Waals surface area contributed by atoms with Crippen LogP contribution in [0.15, 0.2) is 9.26 Å². The third kappa shape index (κ3) is 3.23. The van der Waals surface area contributed by atoms with Gasteiger partial charge in [-0.05, 0) is 10.3 Å². The number of rotatable bonds is 2. The van der Waals surface area contributed by atoms with Gasteiger partial charge in [-0.2, -0.15) is 0 Å². The van der Waals surface area contributed by atoms with Crippen LogP contribution >= 0.6 is 0 Å². The maximum absolute atomic E-state index is 16.1. The monoisotopic (exact) mass is 472 g/mol. The summed E-state index contributed by atoms with van der Waals surface area (Å²) in [7, 11) is -2.17. The quantitative estimate of drug-likeness (QED) is 0.400. The minimum atomic E-state index is -1.09. The lowest BCUT2D eigenvalue weighted by Gasteiger charge is -2.33. The molecule has 2 aromatic heterocycles. The van der Waals surface area contributed by atoms with E-state index in [1.807, 2.05) is 27.7 Å². The Kier molecular flexibility index (Phi) is 4.76. The van der Waals surface area contributed by atoms with E-state index < -0.39 is 25.9 Å². The number of hydrogen-bond donors (Lipinski definition) is 0. The summed E-state index contributed by atoms with van der Waals surface area (Å²) in [5.74, 6) is -1.67. The van der Waals surface area contributed by atoms with Crippen LogP contribution in [0.4, 0.5) is 8.78 Å². The fraction of sp³-hybridized carbons (Fsp3) is 0.500. The second kappa shape index (κ2) is 7.41. The van der Waals surface area contributed by atoms with Gasteiger partial charge in [0.2, 0.25) is 0 Å². The van der Waals surface area contributed by atoms with E-state index in [0.717, 1.165) is 0 Å². The second-order valence-corrected chi connectivity index (χ2v) is 10.4. The molecule has 2 aliphatic heterocycles. The molecule has 4 aromatic rings. The van der Waals surface area contributed by atoms with E-state index >= 15 is 8.78 Å². The molecule has 0 radical (unpaired) electrons. The number of halogens is 2. The SMILES string of the molecule is CC1(C)COB(c2c(F)c3c4nonc4c(B4OCC(C)(C)CO4)c(F)c3c3nonc23)OC1. The zero-order chi connectivity index (χ0) is 23.8. The first-order chi connectivity index (χ1) is 16.2. The average Bonchev–Trinajstić information content (AvgIpc) is 3.45. The van der Waals surface area contributed by atoms with Gasteiger partial charge in [0.25, 0.3) is 0 Å². The van der Waals surface area contributed by atoms with Gasteiger partial charge in [0.1, 0.15) is 33.7 Å². The van der Waals surface area contributed by atoms with E-state index in [1.165, 1.54) is 0 Å². The smallest absolute Gasteiger partial charge is 0.407 e. The molecule has 176 valence electrons. The average molecular weight is 472 g/mol. The molecular weight excluding hydrogens is 452 g/mol. The Morgan fingerprint density at radius 2 is 0.912 bits per heavy atom. The summed E-state index contributed by atoms with van der Waals surface area (Å²) in [6.07, 6.45) is 0. The molecule has 34 heavy (non-hydrogen) atoms. The number of hydrogen-bond acceptors (Lipinski definition) is 10. The van der Waals surface area contributed by atoms with Crippen molar-refractivity contribution in [3.05, 3.63) is 11.6 Å². The summed E-state index contributed by atoms with van der Waals surface area (Å²) in [5.41, 5.74) is -0.644. The molecule has 6 rings (SSSR count). The first-order valence-corrected chi connectivity index (χ1v) is 10.8. The van der Waals surface area contributed by atoms with Gasteiger partial charge in [0.15, 0.2) is 0 Å². The van der Waals surface area contributed by atoms with E-state index in [9.17, 15) is 0 Å². The Hall–Kier alpha value is -2.67. The predicted octanol–water partition coefficient (Wildman–Crippen LogP) is 1.73. The summed E-state index contributed by atoms with van der Waals surface area (Å²) in [6, 6.07) is 0. The summed E-state index contributed by atoms with van der Waals surface area (Å²) in [4.78, 5) is 0. The minimum Gasteiger partial charge on any atom is -0.407 e. The molecule has 0 spiro atoms. The maximum atomic E-state index is 16.1. The number of aromatic nitrogens is 4. The van der Waals surface area contributed by atoms with Crippen molar-refractivity contribution in [2.75, 3.05) is 26.4 Å². The van der Waals surface area contributed by atoms with Crippen molar-refractivity contribution >= 4 is 58.0 Å². The molecular formula is C20H20B2F2N4O6. The Morgan fingerprint density at radius 3 is 1.26 bits per heavy atom. The van der Waals surface area contributed by atoms with Crippen LogP contribution in [0.1, 0.15) is 27.7 Å². The lowest BCUT2D eigenvalue weighted by atomic mass is 9.71. The van der Waals surface area contributed by atoms with Gasteiger partial charge in [0.05, 0.1) is 21.7 Å². The molecule has 14 heteroatoms. The zero-order valence-corrected chi connectivity index (χ0v) is 19.0. The zero-order valence-electron chi connectivity index (χ0n) is 19.0. The topological polar surface area (TPSA) is 115 Å². The molecule has 0 bridgehead atoms. The lowest BCUT2D eigenvalue weighted by molar-refractivity contribution is 0.0340. The highest BCUT2D eigenvalue weighted by atomic mass is 19.1. The van der Waals surface area contributed by atoms with Gasteiger partial charge in [-0.1, -0.05) is 38.0 Å².